The van der Waals surface area contributed by atoms with Crippen LogP contribution in [0.25, 0.3) is 6.08 Å². The fourth-order valence-electron chi connectivity index (χ4n) is 0.821. The molecular formula is C9H8ClNO2. The summed E-state index contributed by atoms with van der Waals surface area (Å²) >= 11 is 5.78. The fraction of sp³-hybridized carbons (Fsp3) is 0. The molecule has 13 heavy (non-hydrogen) atoms. The molecule has 0 bridgehead atoms. The van der Waals surface area contributed by atoms with Crippen molar-refractivity contribution in [3.05, 3.63) is 40.5 Å². The molecule has 0 fully saturated rings. The van der Waals surface area contributed by atoms with Crippen molar-refractivity contribution in [1.82, 2.24) is 0 Å². The van der Waals surface area contributed by atoms with Gasteiger partial charge in [-0.25, -0.2) is 4.79 Å². The number of hydrogen-bond donors (Lipinski definition) is 2. The molecule has 0 aliphatic carbocycles. The van der Waals surface area contributed by atoms with Crippen LogP contribution in [0.3, 0.4) is 0 Å². The number of halogens is 1. The van der Waals surface area contributed by atoms with Crippen LogP contribution in [0.4, 0.5) is 0 Å². The van der Waals surface area contributed by atoms with Gasteiger partial charge in [0.25, 0.3) is 0 Å². The van der Waals surface area contributed by atoms with Crippen molar-refractivity contribution in [2.75, 3.05) is 0 Å². The molecular weight excluding hydrogens is 190 g/mol. The van der Waals surface area contributed by atoms with Gasteiger partial charge in [-0.1, -0.05) is 29.8 Å². The SMILES string of the molecule is N/C(=C/c1ccccc1Cl)C(=O)O. The molecule has 1 rings (SSSR count). The number of carboxylic acids is 1. The van der Waals surface area contributed by atoms with Crippen molar-refractivity contribution in [3.8, 4) is 0 Å². The Balaban J connectivity index is 3.04. The van der Waals surface area contributed by atoms with E-state index in [1.54, 1.807) is 24.3 Å². The molecule has 0 saturated heterocycles. The highest BCUT2D eigenvalue weighted by molar-refractivity contribution is 6.32. The second-order valence-corrected chi connectivity index (χ2v) is 2.83. The summed E-state index contributed by atoms with van der Waals surface area (Å²) in [6, 6.07) is 6.88. The summed E-state index contributed by atoms with van der Waals surface area (Å²) in [5.41, 5.74) is 5.59. The summed E-state index contributed by atoms with van der Waals surface area (Å²) in [6.07, 6.45) is 1.32. The highest BCUT2D eigenvalue weighted by atomic mass is 35.5. The molecule has 1 aromatic carbocycles. The maximum atomic E-state index is 10.4. The lowest BCUT2D eigenvalue weighted by Gasteiger charge is -1.97. The van der Waals surface area contributed by atoms with E-state index in [9.17, 15) is 4.79 Å². The Bertz CT molecular complexity index is 360. The van der Waals surface area contributed by atoms with Gasteiger partial charge in [-0.2, -0.15) is 0 Å². The molecule has 0 saturated carbocycles. The standard InChI is InChI=1S/C9H8ClNO2/c10-7-4-2-1-3-6(7)5-8(11)9(12)13/h1-5H,11H2,(H,12,13)/b8-5+. The summed E-state index contributed by atoms with van der Waals surface area (Å²) in [4.78, 5) is 10.4. The van der Waals surface area contributed by atoms with E-state index >= 15 is 0 Å². The van der Waals surface area contributed by atoms with Gasteiger partial charge < -0.3 is 10.8 Å². The van der Waals surface area contributed by atoms with Gasteiger partial charge in [-0.3, -0.25) is 0 Å². The molecule has 3 N–H and O–H groups in total. The van der Waals surface area contributed by atoms with Crippen molar-refractivity contribution in [3.63, 3.8) is 0 Å². The Hall–Kier alpha value is -1.48. The number of hydrogen-bond acceptors (Lipinski definition) is 2. The minimum absolute atomic E-state index is 0.229. The van der Waals surface area contributed by atoms with Crippen molar-refractivity contribution >= 4 is 23.6 Å². The van der Waals surface area contributed by atoms with Gasteiger partial charge in [-0.15, -0.1) is 0 Å². The number of benzene rings is 1. The van der Waals surface area contributed by atoms with Crippen molar-refractivity contribution in [2.45, 2.75) is 0 Å². The molecule has 3 nitrogen and oxygen atoms in total. The van der Waals surface area contributed by atoms with Crippen LogP contribution in [0.15, 0.2) is 30.0 Å². The van der Waals surface area contributed by atoms with Gasteiger partial charge >= 0.3 is 5.97 Å². The zero-order valence-electron chi connectivity index (χ0n) is 6.70. The van der Waals surface area contributed by atoms with E-state index in [0.29, 0.717) is 10.6 Å². The number of aliphatic carboxylic acids is 1. The highest BCUT2D eigenvalue weighted by Crippen LogP contribution is 2.16. The first-order valence-corrected chi connectivity index (χ1v) is 3.94. The molecule has 0 amide bonds. The van der Waals surface area contributed by atoms with Crippen LogP contribution >= 0.6 is 11.6 Å². The lowest BCUT2D eigenvalue weighted by molar-refractivity contribution is -0.132. The van der Waals surface area contributed by atoms with Crippen LogP contribution in [0.1, 0.15) is 5.56 Å². The number of rotatable bonds is 2. The Labute approximate surface area is 80.4 Å². The largest absolute Gasteiger partial charge is 0.477 e. The molecule has 1 aromatic rings. The van der Waals surface area contributed by atoms with Crippen LogP contribution in [-0.4, -0.2) is 11.1 Å². The third-order valence-corrected chi connectivity index (χ3v) is 1.81. The summed E-state index contributed by atoms with van der Waals surface area (Å²) in [5.74, 6) is -1.15. The summed E-state index contributed by atoms with van der Waals surface area (Å²) in [5, 5.41) is 8.98. The van der Waals surface area contributed by atoms with E-state index < -0.39 is 5.97 Å². The minimum atomic E-state index is -1.15. The Morgan fingerprint density at radius 2 is 2.08 bits per heavy atom. The van der Waals surface area contributed by atoms with E-state index in [-0.39, 0.29) is 5.70 Å². The summed E-state index contributed by atoms with van der Waals surface area (Å²) in [7, 11) is 0. The third-order valence-electron chi connectivity index (χ3n) is 1.46. The monoisotopic (exact) mass is 197 g/mol. The predicted octanol–water partition coefficient (Wildman–Crippen LogP) is 1.72. The number of nitrogens with two attached hydrogens (primary N) is 1. The molecule has 0 heterocycles. The highest BCUT2D eigenvalue weighted by Gasteiger charge is 2.02. The predicted molar refractivity (Wildman–Crippen MR) is 51.3 cm³/mol. The summed E-state index contributed by atoms with van der Waals surface area (Å²) < 4.78 is 0. The van der Waals surface area contributed by atoms with Gasteiger partial charge in [0.2, 0.25) is 0 Å². The van der Waals surface area contributed by atoms with E-state index in [2.05, 4.69) is 0 Å². The van der Waals surface area contributed by atoms with E-state index in [1.807, 2.05) is 0 Å². The number of carboxylic acid groups (broad SMARTS) is 1. The van der Waals surface area contributed by atoms with Crippen molar-refractivity contribution < 1.29 is 9.90 Å². The van der Waals surface area contributed by atoms with Crippen molar-refractivity contribution in [1.29, 1.82) is 0 Å². The van der Waals surface area contributed by atoms with E-state index in [0.717, 1.165) is 0 Å². The van der Waals surface area contributed by atoms with Gasteiger partial charge in [0.1, 0.15) is 5.70 Å². The van der Waals surface area contributed by atoms with Crippen molar-refractivity contribution in [2.24, 2.45) is 5.73 Å². The zero-order valence-corrected chi connectivity index (χ0v) is 7.45. The lowest BCUT2D eigenvalue weighted by atomic mass is 10.2. The normalized spacial score (nSPS) is 11.3. The Kier molecular flexibility index (Phi) is 2.93. The molecule has 0 aliphatic rings. The van der Waals surface area contributed by atoms with Crippen LogP contribution in [-0.2, 0) is 4.79 Å². The number of carbonyl (C=O) groups is 1. The second-order valence-electron chi connectivity index (χ2n) is 2.43. The molecule has 0 spiro atoms. The lowest BCUT2D eigenvalue weighted by Crippen LogP contribution is -2.09. The van der Waals surface area contributed by atoms with Crippen LogP contribution in [0.2, 0.25) is 5.02 Å². The van der Waals surface area contributed by atoms with Gasteiger partial charge in [0, 0.05) is 5.02 Å². The first-order chi connectivity index (χ1) is 6.11. The molecule has 68 valence electrons. The van der Waals surface area contributed by atoms with Crippen LogP contribution in [0.5, 0.6) is 0 Å². The maximum Gasteiger partial charge on any atom is 0.351 e. The van der Waals surface area contributed by atoms with E-state index in [4.69, 9.17) is 22.4 Å². The van der Waals surface area contributed by atoms with Gasteiger partial charge in [0.05, 0.1) is 0 Å². The fourth-order valence-corrected chi connectivity index (χ4v) is 1.01. The first-order valence-electron chi connectivity index (χ1n) is 3.56. The van der Waals surface area contributed by atoms with Gasteiger partial charge in [-0.05, 0) is 17.7 Å². The molecule has 0 aliphatic heterocycles. The molecule has 0 unspecified atom stereocenters. The first kappa shape index (κ1) is 9.61. The zero-order chi connectivity index (χ0) is 9.84. The van der Waals surface area contributed by atoms with Gasteiger partial charge in [0.15, 0.2) is 0 Å². The quantitative estimate of drug-likeness (QED) is 0.710. The Morgan fingerprint density at radius 1 is 1.46 bits per heavy atom. The molecule has 0 aromatic heterocycles. The Morgan fingerprint density at radius 3 is 2.62 bits per heavy atom. The second kappa shape index (κ2) is 3.96. The molecule has 4 heteroatoms. The average molecular weight is 198 g/mol. The molecule has 0 atom stereocenters. The average Bonchev–Trinajstić information content (AvgIpc) is 2.08. The minimum Gasteiger partial charge on any atom is -0.477 e. The molecule has 0 radical (unpaired) electrons. The summed E-state index contributed by atoms with van der Waals surface area (Å²) in [6.45, 7) is 0. The van der Waals surface area contributed by atoms with Crippen LogP contribution in [0, 0.1) is 0 Å². The van der Waals surface area contributed by atoms with E-state index in [1.165, 1.54) is 6.08 Å². The topological polar surface area (TPSA) is 63.3 Å². The smallest absolute Gasteiger partial charge is 0.351 e. The maximum absolute atomic E-state index is 10.4. The van der Waals surface area contributed by atoms with Crippen LogP contribution < -0.4 is 5.73 Å². The third kappa shape index (κ3) is 2.49.